The van der Waals surface area contributed by atoms with Crippen LogP contribution in [0, 0.1) is 0 Å². The van der Waals surface area contributed by atoms with Gasteiger partial charge in [0.15, 0.2) is 18.9 Å². The summed E-state index contributed by atoms with van der Waals surface area (Å²) >= 11 is 0. The van der Waals surface area contributed by atoms with Crippen molar-refractivity contribution in [2.24, 2.45) is 5.73 Å². The molecule has 15 heteroatoms. The molecule has 3 aliphatic rings. The van der Waals surface area contributed by atoms with Gasteiger partial charge in [-0.05, 0) is 6.92 Å². The second-order valence-electron chi connectivity index (χ2n) is 8.41. The minimum atomic E-state index is -1.81. The SMILES string of the molecule is C[C@H]1OC(O[C@@H]2O[C@H](CO)[C@@H](O)[C@H](O)[C@H]2N)[C@H](OC2O[C@H](CO)[C@H](O)[C@H](O)[C@H]2O)[C@@H](O)[C@H]1O. The van der Waals surface area contributed by atoms with E-state index in [1.165, 1.54) is 6.92 Å². The molecule has 0 radical (unpaired) electrons. The lowest BCUT2D eigenvalue weighted by atomic mass is 9.96. The molecule has 3 aliphatic heterocycles. The summed E-state index contributed by atoms with van der Waals surface area (Å²) < 4.78 is 27.4. The Kier molecular flexibility index (Phi) is 8.99. The van der Waals surface area contributed by atoms with Gasteiger partial charge in [-0.1, -0.05) is 0 Å². The van der Waals surface area contributed by atoms with E-state index in [-0.39, 0.29) is 0 Å². The fourth-order valence-corrected chi connectivity index (χ4v) is 3.95. The first-order valence-electron chi connectivity index (χ1n) is 10.5. The van der Waals surface area contributed by atoms with Gasteiger partial charge in [-0.3, -0.25) is 0 Å². The largest absolute Gasteiger partial charge is 0.394 e. The molecule has 194 valence electrons. The number of aliphatic hydroxyl groups is 9. The van der Waals surface area contributed by atoms with E-state index in [0.717, 1.165) is 0 Å². The van der Waals surface area contributed by atoms with Crippen LogP contribution in [0.4, 0.5) is 0 Å². The molecular weight excluding hydrogens is 454 g/mol. The molecular formula is C18H33NO14. The Bertz CT molecular complexity index is 627. The van der Waals surface area contributed by atoms with Crippen molar-refractivity contribution in [3.8, 4) is 0 Å². The number of hydrogen-bond donors (Lipinski definition) is 10. The summed E-state index contributed by atoms with van der Waals surface area (Å²) in [4.78, 5) is 0. The van der Waals surface area contributed by atoms with Gasteiger partial charge in [-0.25, -0.2) is 0 Å². The first-order chi connectivity index (χ1) is 15.5. The van der Waals surface area contributed by atoms with Crippen molar-refractivity contribution in [1.82, 2.24) is 0 Å². The molecule has 0 amide bonds. The van der Waals surface area contributed by atoms with Crippen LogP contribution in [0.25, 0.3) is 0 Å². The monoisotopic (exact) mass is 487 g/mol. The van der Waals surface area contributed by atoms with Gasteiger partial charge in [0.1, 0.15) is 61.0 Å². The first-order valence-corrected chi connectivity index (χ1v) is 10.5. The van der Waals surface area contributed by atoms with E-state index in [1.54, 1.807) is 0 Å². The highest BCUT2D eigenvalue weighted by Crippen LogP contribution is 2.31. The normalized spacial score (nSPS) is 53.7. The highest BCUT2D eigenvalue weighted by atomic mass is 16.8. The molecule has 0 aromatic carbocycles. The molecule has 3 rings (SSSR count). The smallest absolute Gasteiger partial charge is 0.190 e. The maximum Gasteiger partial charge on any atom is 0.190 e. The van der Waals surface area contributed by atoms with Gasteiger partial charge in [-0.2, -0.15) is 0 Å². The van der Waals surface area contributed by atoms with E-state index >= 15 is 0 Å². The molecule has 3 fully saturated rings. The fraction of sp³-hybridized carbons (Fsp3) is 1.00. The van der Waals surface area contributed by atoms with Gasteiger partial charge in [0, 0.05) is 0 Å². The maximum absolute atomic E-state index is 10.6. The van der Waals surface area contributed by atoms with Crippen LogP contribution < -0.4 is 5.73 Å². The number of hydrogen-bond acceptors (Lipinski definition) is 15. The summed E-state index contributed by atoms with van der Waals surface area (Å²) in [5.41, 5.74) is 5.86. The summed E-state index contributed by atoms with van der Waals surface area (Å²) in [7, 11) is 0. The van der Waals surface area contributed by atoms with Crippen LogP contribution in [0.3, 0.4) is 0 Å². The van der Waals surface area contributed by atoms with Crippen LogP contribution in [-0.2, 0) is 23.7 Å². The Morgan fingerprint density at radius 1 is 0.606 bits per heavy atom. The van der Waals surface area contributed by atoms with Crippen LogP contribution in [0.1, 0.15) is 6.92 Å². The highest BCUT2D eigenvalue weighted by Gasteiger charge is 2.52. The second-order valence-corrected chi connectivity index (χ2v) is 8.41. The average molecular weight is 487 g/mol. The Morgan fingerprint density at radius 2 is 1.15 bits per heavy atom. The lowest BCUT2D eigenvalue weighted by Gasteiger charge is -2.47. The molecule has 33 heavy (non-hydrogen) atoms. The van der Waals surface area contributed by atoms with Crippen molar-refractivity contribution in [3.63, 3.8) is 0 Å². The van der Waals surface area contributed by atoms with Crippen molar-refractivity contribution in [1.29, 1.82) is 0 Å². The Labute approximate surface area is 188 Å². The minimum Gasteiger partial charge on any atom is -0.394 e. The quantitative estimate of drug-likeness (QED) is 0.167. The van der Waals surface area contributed by atoms with Gasteiger partial charge in [0.05, 0.1) is 25.4 Å². The summed E-state index contributed by atoms with van der Waals surface area (Å²) in [5.74, 6) is 0. The molecule has 15 nitrogen and oxygen atoms in total. The van der Waals surface area contributed by atoms with E-state index in [0.29, 0.717) is 0 Å². The third-order valence-electron chi connectivity index (χ3n) is 6.12. The van der Waals surface area contributed by atoms with Crippen molar-refractivity contribution < 1.29 is 69.6 Å². The number of ether oxygens (including phenoxy) is 5. The molecule has 0 aromatic rings. The molecule has 15 atom stereocenters. The molecule has 0 aliphatic carbocycles. The Hall–Kier alpha value is -0.600. The molecule has 0 spiro atoms. The van der Waals surface area contributed by atoms with Crippen molar-refractivity contribution >= 4 is 0 Å². The van der Waals surface area contributed by atoms with Crippen LogP contribution in [-0.4, -0.2) is 151 Å². The zero-order chi connectivity index (χ0) is 24.6. The zero-order valence-corrected chi connectivity index (χ0v) is 17.7. The third kappa shape index (κ3) is 5.32. The molecule has 0 aromatic heterocycles. The lowest BCUT2D eigenvalue weighted by molar-refractivity contribution is -0.390. The predicted octanol–water partition coefficient (Wildman–Crippen LogP) is -6.58. The van der Waals surface area contributed by atoms with E-state index in [9.17, 15) is 46.0 Å². The topological polar surface area (TPSA) is 254 Å². The summed E-state index contributed by atoms with van der Waals surface area (Å²) in [6.45, 7) is 0.0334. The molecule has 3 saturated heterocycles. The summed E-state index contributed by atoms with van der Waals surface area (Å²) in [5, 5.41) is 89.7. The summed E-state index contributed by atoms with van der Waals surface area (Å²) in [6.07, 6.45) is -21.2. The van der Waals surface area contributed by atoms with Gasteiger partial charge in [-0.15, -0.1) is 0 Å². The summed E-state index contributed by atoms with van der Waals surface area (Å²) in [6, 6.07) is -1.31. The maximum atomic E-state index is 10.6. The standard InChI is InChI=1S/C18H33NO14/c1-4-8(22)13(27)15(32-17-14(28)12(26)10(24)6(3-21)31-17)18(29-4)33-16-7(19)11(25)9(23)5(2-20)30-16/h4-18,20-28H,2-3,19H2,1H3/t4-,5-,6-,7-,8+,9-,10+,11-,12+,13+,14-,15-,16+,17?,18?/m1/s1. The number of aliphatic hydroxyl groups excluding tert-OH is 9. The van der Waals surface area contributed by atoms with Gasteiger partial charge in [0.25, 0.3) is 0 Å². The van der Waals surface area contributed by atoms with Crippen LogP contribution in [0.5, 0.6) is 0 Å². The first kappa shape index (κ1) is 27.0. The van der Waals surface area contributed by atoms with E-state index in [2.05, 4.69) is 0 Å². The van der Waals surface area contributed by atoms with E-state index in [1.807, 2.05) is 0 Å². The number of nitrogens with two attached hydrogens (primary N) is 1. The lowest BCUT2D eigenvalue weighted by Crippen LogP contribution is -2.66. The zero-order valence-electron chi connectivity index (χ0n) is 17.7. The third-order valence-corrected chi connectivity index (χ3v) is 6.12. The van der Waals surface area contributed by atoms with E-state index in [4.69, 9.17) is 29.4 Å². The van der Waals surface area contributed by atoms with Crippen molar-refractivity contribution in [3.05, 3.63) is 0 Å². The highest BCUT2D eigenvalue weighted by molar-refractivity contribution is 4.95. The van der Waals surface area contributed by atoms with Gasteiger partial charge < -0.3 is 75.4 Å². The fourth-order valence-electron chi connectivity index (χ4n) is 3.95. The van der Waals surface area contributed by atoms with Crippen molar-refractivity contribution in [2.75, 3.05) is 13.2 Å². The molecule has 11 N–H and O–H groups in total. The van der Waals surface area contributed by atoms with Gasteiger partial charge >= 0.3 is 0 Å². The van der Waals surface area contributed by atoms with Gasteiger partial charge in [0.2, 0.25) is 0 Å². The molecule has 0 saturated carbocycles. The minimum absolute atomic E-state index is 0.668. The van der Waals surface area contributed by atoms with Crippen LogP contribution in [0.15, 0.2) is 0 Å². The molecule has 2 unspecified atom stereocenters. The molecule has 0 bridgehead atoms. The van der Waals surface area contributed by atoms with Crippen LogP contribution >= 0.6 is 0 Å². The molecule has 3 heterocycles. The van der Waals surface area contributed by atoms with Crippen LogP contribution in [0.2, 0.25) is 0 Å². The van der Waals surface area contributed by atoms with E-state index < -0.39 is 105 Å². The van der Waals surface area contributed by atoms with Crippen molar-refractivity contribution in [2.45, 2.75) is 99.0 Å². The Morgan fingerprint density at radius 3 is 1.73 bits per heavy atom. The number of rotatable bonds is 6. The second kappa shape index (κ2) is 11.0. The average Bonchev–Trinajstić information content (AvgIpc) is 2.80. The Balaban J connectivity index is 1.79. The predicted molar refractivity (Wildman–Crippen MR) is 102 cm³/mol.